The molecule has 1 aliphatic rings. The third-order valence-electron chi connectivity index (χ3n) is 2.68. The van der Waals surface area contributed by atoms with E-state index >= 15 is 0 Å². The van der Waals surface area contributed by atoms with E-state index in [0.717, 1.165) is 5.56 Å². The van der Waals surface area contributed by atoms with E-state index < -0.39 is 5.79 Å². The van der Waals surface area contributed by atoms with Crippen LogP contribution in [-0.4, -0.2) is 19.8 Å². The van der Waals surface area contributed by atoms with Gasteiger partial charge in [0.1, 0.15) is 0 Å². The maximum Gasteiger partial charge on any atom is 0.207 e. The van der Waals surface area contributed by atoms with Crippen LogP contribution < -0.4 is 5.73 Å². The molecule has 1 aromatic rings. The van der Waals surface area contributed by atoms with Crippen LogP contribution in [0, 0.1) is 13.8 Å². The van der Waals surface area contributed by atoms with E-state index in [4.69, 9.17) is 15.2 Å². The summed E-state index contributed by atoms with van der Waals surface area (Å²) in [6.45, 7) is 5.72. The molecular weight excluding hydrogens is 190 g/mol. The Morgan fingerprint density at radius 3 is 2.13 bits per heavy atom. The molecular formula is C12H17NO2. The summed E-state index contributed by atoms with van der Waals surface area (Å²) in [5, 5.41) is 0. The monoisotopic (exact) mass is 207 g/mol. The lowest BCUT2D eigenvalue weighted by atomic mass is 10.0. The van der Waals surface area contributed by atoms with Crippen molar-refractivity contribution >= 4 is 0 Å². The van der Waals surface area contributed by atoms with Crippen molar-refractivity contribution in [3.8, 4) is 0 Å². The first-order chi connectivity index (χ1) is 7.16. The molecule has 0 aliphatic carbocycles. The Labute approximate surface area is 90.2 Å². The third kappa shape index (κ3) is 1.91. The molecule has 1 aromatic carbocycles. The number of aryl methyl sites for hydroxylation is 2. The van der Waals surface area contributed by atoms with Crippen molar-refractivity contribution in [1.29, 1.82) is 0 Å². The van der Waals surface area contributed by atoms with Gasteiger partial charge in [0, 0.05) is 5.56 Å². The molecule has 0 atom stereocenters. The Morgan fingerprint density at radius 2 is 1.67 bits per heavy atom. The van der Waals surface area contributed by atoms with Gasteiger partial charge >= 0.3 is 0 Å². The molecule has 2 N–H and O–H groups in total. The highest BCUT2D eigenvalue weighted by molar-refractivity contribution is 5.32. The summed E-state index contributed by atoms with van der Waals surface area (Å²) in [5.74, 6) is -0.712. The number of ether oxygens (including phenoxy) is 2. The van der Waals surface area contributed by atoms with Gasteiger partial charge in [-0.15, -0.1) is 0 Å². The average Bonchev–Trinajstić information content (AvgIpc) is 2.65. The van der Waals surface area contributed by atoms with Crippen LogP contribution in [-0.2, 0) is 15.3 Å². The smallest absolute Gasteiger partial charge is 0.207 e. The fourth-order valence-corrected chi connectivity index (χ4v) is 2.05. The summed E-state index contributed by atoms with van der Waals surface area (Å²) in [7, 11) is 0. The van der Waals surface area contributed by atoms with Crippen molar-refractivity contribution in [2.75, 3.05) is 19.8 Å². The molecule has 0 spiro atoms. The molecule has 82 valence electrons. The zero-order valence-corrected chi connectivity index (χ0v) is 9.25. The number of hydrogen-bond donors (Lipinski definition) is 1. The van der Waals surface area contributed by atoms with Gasteiger partial charge in [0.15, 0.2) is 0 Å². The van der Waals surface area contributed by atoms with Crippen LogP contribution in [0.5, 0.6) is 0 Å². The maximum absolute atomic E-state index is 5.75. The van der Waals surface area contributed by atoms with Gasteiger partial charge in [-0.25, -0.2) is 0 Å². The van der Waals surface area contributed by atoms with Crippen LogP contribution in [0.1, 0.15) is 16.7 Å². The van der Waals surface area contributed by atoms with Crippen molar-refractivity contribution in [3.05, 3.63) is 34.9 Å². The fourth-order valence-electron chi connectivity index (χ4n) is 2.05. The Morgan fingerprint density at radius 1 is 1.13 bits per heavy atom. The van der Waals surface area contributed by atoms with Crippen molar-refractivity contribution in [1.82, 2.24) is 0 Å². The topological polar surface area (TPSA) is 44.5 Å². The highest BCUT2D eigenvalue weighted by Gasteiger charge is 2.37. The summed E-state index contributed by atoms with van der Waals surface area (Å²) in [6.07, 6.45) is 0. The quantitative estimate of drug-likeness (QED) is 0.798. The lowest BCUT2D eigenvalue weighted by Crippen LogP contribution is -2.36. The highest BCUT2D eigenvalue weighted by Crippen LogP contribution is 2.31. The summed E-state index contributed by atoms with van der Waals surface area (Å²) in [5.41, 5.74) is 9.19. The van der Waals surface area contributed by atoms with Gasteiger partial charge in [0.05, 0.1) is 19.8 Å². The van der Waals surface area contributed by atoms with E-state index in [9.17, 15) is 0 Å². The molecule has 0 radical (unpaired) electrons. The maximum atomic E-state index is 5.75. The van der Waals surface area contributed by atoms with Crippen molar-refractivity contribution in [3.63, 3.8) is 0 Å². The van der Waals surface area contributed by atoms with Gasteiger partial charge in [-0.05, 0) is 13.8 Å². The molecule has 2 rings (SSSR count). The fraction of sp³-hybridized carbons (Fsp3) is 0.500. The number of rotatable bonds is 2. The SMILES string of the molecule is Cc1cc(C)cc(C2(CN)OCCO2)c1. The molecule has 0 bridgehead atoms. The molecule has 1 heterocycles. The van der Waals surface area contributed by atoms with Crippen LogP contribution >= 0.6 is 0 Å². The predicted molar refractivity (Wildman–Crippen MR) is 58.6 cm³/mol. The molecule has 3 heteroatoms. The van der Waals surface area contributed by atoms with Gasteiger partial charge in [-0.1, -0.05) is 29.3 Å². The second-order valence-corrected chi connectivity index (χ2v) is 4.03. The minimum Gasteiger partial charge on any atom is -0.342 e. The molecule has 15 heavy (non-hydrogen) atoms. The third-order valence-corrected chi connectivity index (χ3v) is 2.68. The molecule has 0 aromatic heterocycles. The van der Waals surface area contributed by atoms with E-state index in [-0.39, 0.29) is 0 Å². The number of nitrogens with two attached hydrogens (primary N) is 1. The Hall–Kier alpha value is -0.900. The predicted octanol–water partition coefficient (Wildman–Crippen LogP) is 1.46. The molecule has 3 nitrogen and oxygen atoms in total. The zero-order valence-electron chi connectivity index (χ0n) is 9.25. The first-order valence-corrected chi connectivity index (χ1v) is 5.23. The van der Waals surface area contributed by atoms with Crippen LogP contribution in [0.3, 0.4) is 0 Å². The first kappa shape index (κ1) is 10.6. The number of benzene rings is 1. The van der Waals surface area contributed by atoms with E-state index in [1.165, 1.54) is 11.1 Å². The first-order valence-electron chi connectivity index (χ1n) is 5.23. The molecule has 1 aliphatic heterocycles. The molecule has 0 saturated carbocycles. The zero-order chi connectivity index (χ0) is 10.9. The standard InChI is InChI=1S/C12H17NO2/c1-9-5-10(2)7-11(6-9)12(8-13)14-3-4-15-12/h5-7H,3-4,8,13H2,1-2H3. The average molecular weight is 207 g/mol. The normalized spacial score (nSPS) is 19.4. The van der Waals surface area contributed by atoms with Gasteiger partial charge < -0.3 is 15.2 Å². The van der Waals surface area contributed by atoms with Gasteiger partial charge in [-0.3, -0.25) is 0 Å². The van der Waals surface area contributed by atoms with E-state index in [1.54, 1.807) is 0 Å². The van der Waals surface area contributed by atoms with Crippen molar-refractivity contribution < 1.29 is 9.47 Å². The van der Waals surface area contributed by atoms with Crippen molar-refractivity contribution in [2.45, 2.75) is 19.6 Å². The molecule has 1 fully saturated rings. The largest absolute Gasteiger partial charge is 0.342 e. The van der Waals surface area contributed by atoms with E-state index in [0.29, 0.717) is 19.8 Å². The highest BCUT2D eigenvalue weighted by atomic mass is 16.7. The van der Waals surface area contributed by atoms with Crippen molar-refractivity contribution in [2.24, 2.45) is 5.73 Å². The number of hydrogen-bond acceptors (Lipinski definition) is 3. The summed E-state index contributed by atoms with van der Waals surface area (Å²) in [6, 6.07) is 6.28. The van der Waals surface area contributed by atoms with Gasteiger partial charge in [0.2, 0.25) is 5.79 Å². The summed E-state index contributed by atoms with van der Waals surface area (Å²) < 4.78 is 11.3. The Balaban J connectivity index is 2.42. The minimum atomic E-state index is -0.712. The minimum absolute atomic E-state index is 0.357. The molecule has 1 saturated heterocycles. The summed E-state index contributed by atoms with van der Waals surface area (Å²) in [4.78, 5) is 0. The lowest BCUT2D eigenvalue weighted by Gasteiger charge is -2.26. The van der Waals surface area contributed by atoms with Crippen LogP contribution in [0.15, 0.2) is 18.2 Å². The van der Waals surface area contributed by atoms with Gasteiger partial charge in [-0.2, -0.15) is 0 Å². The second-order valence-electron chi connectivity index (χ2n) is 4.03. The van der Waals surface area contributed by atoms with E-state index in [1.807, 2.05) is 0 Å². The summed E-state index contributed by atoms with van der Waals surface area (Å²) >= 11 is 0. The Kier molecular flexibility index (Phi) is 2.78. The lowest BCUT2D eigenvalue weighted by molar-refractivity contribution is -0.157. The molecule has 0 unspecified atom stereocenters. The second kappa shape index (κ2) is 3.93. The van der Waals surface area contributed by atoms with E-state index in [2.05, 4.69) is 32.0 Å². The van der Waals surface area contributed by atoms with Crippen LogP contribution in [0.4, 0.5) is 0 Å². The van der Waals surface area contributed by atoms with Crippen LogP contribution in [0.25, 0.3) is 0 Å². The van der Waals surface area contributed by atoms with Crippen LogP contribution in [0.2, 0.25) is 0 Å². The molecule has 0 amide bonds. The Bertz CT molecular complexity index is 336. The van der Waals surface area contributed by atoms with Gasteiger partial charge in [0.25, 0.3) is 0 Å².